The van der Waals surface area contributed by atoms with Crippen molar-refractivity contribution in [2.75, 3.05) is 0 Å². The summed E-state index contributed by atoms with van der Waals surface area (Å²) >= 11 is 2.17. The molecule has 3 nitrogen and oxygen atoms in total. The van der Waals surface area contributed by atoms with E-state index in [2.05, 4.69) is 63.4 Å². The summed E-state index contributed by atoms with van der Waals surface area (Å²) in [4.78, 5) is 11.7. The molecule has 1 N–H and O–H groups in total. The number of rotatable bonds is 5. The molecule has 0 aliphatic rings. The lowest BCUT2D eigenvalue weighted by Crippen LogP contribution is -2.44. The first-order valence-electron chi connectivity index (χ1n) is 7.25. The molecule has 0 fully saturated rings. The fourth-order valence-corrected chi connectivity index (χ4v) is 3.61. The smallest absolute Gasteiger partial charge is 0.339 e. The maximum atomic E-state index is 11.7. The summed E-state index contributed by atoms with van der Waals surface area (Å²) in [6.07, 6.45) is 1.67. The summed E-state index contributed by atoms with van der Waals surface area (Å²) in [5.41, 5.74) is 1.20. The van der Waals surface area contributed by atoms with E-state index in [0.29, 0.717) is 11.3 Å². The van der Waals surface area contributed by atoms with Crippen molar-refractivity contribution in [3.05, 3.63) is 26.8 Å². The van der Waals surface area contributed by atoms with Crippen molar-refractivity contribution in [3.63, 3.8) is 0 Å². The Hall–Kier alpha value is -0.563. The molecule has 1 aromatic carbocycles. The first kappa shape index (κ1) is 18.5. The number of aromatic carboxylic acids is 1. The zero-order chi connectivity index (χ0) is 16.4. The summed E-state index contributed by atoms with van der Waals surface area (Å²) in [5.74, 6) is -0.341. The molecule has 118 valence electrons. The molecule has 0 amide bonds. The van der Waals surface area contributed by atoms with Crippen molar-refractivity contribution in [2.45, 2.75) is 58.7 Å². The lowest BCUT2D eigenvalue weighted by Gasteiger charge is -2.37. The highest BCUT2D eigenvalue weighted by Crippen LogP contribution is 2.40. The molecule has 1 aromatic rings. The van der Waals surface area contributed by atoms with Gasteiger partial charge in [-0.1, -0.05) is 40.2 Å². The van der Waals surface area contributed by atoms with Crippen LogP contribution < -0.4 is 4.43 Å². The first-order chi connectivity index (χ1) is 9.51. The third kappa shape index (κ3) is 4.22. The molecular formula is C16H25IO3Si. The molecule has 0 aliphatic carbocycles. The summed E-state index contributed by atoms with van der Waals surface area (Å²) < 4.78 is 7.20. The molecule has 0 bridgehead atoms. The van der Waals surface area contributed by atoms with Crippen molar-refractivity contribution in [3.8, 4) is 5.75 Å². The predicted octanol–water partition coefficient (Wildman–Crippen LogP) is 5.33. The third-order valence-electron chi connectivity index (χ3n) is 4.09. The van der Waals surface area contributed by atoms with Crippen molar-refractivity contribution < 1.29 is 14.3 Å². The van der Waals surface area contributed by atoms with Crippen LogP contribution in [0.5, 0.6) is 5.75 Å². The van der Waals surface area contributed by atoms with E-state index in [0.717, 1.165) is 22.0 Å². The zero-order valence-corrected chi connectivity index (χ0v) is 16.9. The van der Waals surface area contributed by atoms with Crippen LogP contribution in [0.4, 0.5) is 0 Å². The van der Waals surface area contributed by atoms with Gasteiger partial charge in [-0.15, -0.1) is 0 Å². The van der Waals surface area contributed by atoms with Crippen LogP contribution in [0, 0.1) is 3.57 Å². The van der Waals surface area contributed by atoms with Gasteiger partial charge < -0.3 is 9.53 Å². The number of carbonyl (C=O) groups is 1. The van der Waals surface area contributed by atoms with Gasteiger partial charge in [-0.05, 0) is 58.8 Å². The molecule has 0 saturated heterocycles. The second-order valence-corrected chi connectivity index (χ2v) is 12.7. The van der Waals surface area contributed by atoms with Crippen molar-refractivity contribution in [1.29, 1.82) is 0 Å². The molecule has 0 unspecified atom stereocenters. The minimum absolute atomic E-state index is 0.0343. The second-order valence-electron chi connectivity index (χ2n) is 6.83. The Kier molecular flexibility index (Phi) is 5.88. The Bertz CT molecular complexity index is 533. The highest BCUT2D eigenvalue weighted by Gasteiger charge is 2.40. The highest BCUT2D eigenvalue weighted by atomic mass is 127. The van der Waals surface area contributed by atoms with Gasteiger partial charge in [0.1, 0.15) is 11.3 Å². The van der Waals surface area contributed by atoms with E-state index in [-0.39, 0.29) is 5.04 Å². The van der Waals surface area contributed by atoms with Gasteiger partial charge in [0.15, 0.2) is 0 Å². The van der Waals surface area contributed by atoms with E-state index in [9.17, 15) is 9.90 Å². The maximum absolute atomic E-state index is 11.7. The number of benzene rings is 1. The van der Waals surface area contributed by atoms with Crippen molar-refractivity contribution in [1.82, 2.24) is 0 Å². The average molecular weight is 420 g/mol. The standard InChI is InChI=1S/C16H25IO3Si/c1-7-8-11-9-10-12(17)14(13(11)15(18)19)20-21(5,6)16(2,3)4/h9-10H,7-8H2,1-6H3,(H,18,19). The van der Waals surface area contributed by atoms with E-state index in [1.54, 1.807) is 0 Å². The van der Waals surface area contributed by atoms with Crippen LogP contribution in [0.3, 0.4) is 0 Å². The van der Waals surface area contributed by atoms with Gasteiger partial charge in [-0.2, -0.15) is 0 Å². The molecule has 0 aliphatic heterocycles. The normalized spacial score (nSPS) is 12.3. The summed E-state index contributed by atoms with van der Waals surface area (Å²) in [7, 11) is -2.07. The number of carboxylic acid groups (broad SMARTS) is 1. The monoisotopic (exact) mass is 420 g/mol. The van der Waals surface area contributed by atoms with E-state index in [1.165, 1.54) is 0 Å². The SMILES string of the molecule is CCCc1ccc(I)c(O[Si](C)(C)C(C)(C)C)c1C(=O)O. The zero-order valence-electron chi connectivity index (χ0n) is 13.7. The van der Waals surface area contributed by atoms with Crippen LogP contribution in [0.25, 0.3) is 0 Å². The summed E-state index contributed by atoms with van der Waals surface area (Å²) in [6.45, 7) is 12.8. The quantitative estimate of drug-likeness (QED) is 0.518. The Morgan fingerprint density at radius 1 is 1.33 bits per heavy atom. The van der Waals surface area contributed by atoms with Crippen molar-refractivity contribution >= 4 is 36.9 Å². The van der Waals surface area contributed by atoms with E-state index < -0.39 is 14.3 Å². The fourth-order valence-electron chi connectivity index (χ4n) is 1.82. The van der Waals surface area contributed by atoms with Gasteiger partial charge in [0, 0.05) is 0 Å². The lowest BCUT2D eigenvalue weighted by atomic mass is 10.0. The molecular weight excluding hydrogens is 395 g/mol. The van der Waals surface area contributed by atoms with Gasteiger partial charge in [0.2, 0.25) is 0 Å². The molecule has 0 atom stereocenters. The number of halogens is 1. The number of hydrogen-bond donors (Lipinski definition) is 1. The second kappa shape index (κ2) is 6.69. The largest absolute Gasteiger partial charge is 0.542 e. The minimum atomic E-state index is -2.07. The Morgan fingerprint density at radius 3 is 2.33 bits per heavy atom. The number of carboxylic acids is 1. The van der Waals surface area contributed by atoms with E-state index in [4.69, 9.17) is 4.43 Å². The minimum Gasteiger partial charge on any atom is -0.542 e. The first-order valence-corrected chi connectivity index (χ1v) is 11.2. The molecule has 0 spiro atoms. The number of aryl methyl sites for hydroxylation is 1. The lowest BCUT2D eigenvalue weighted by molar-refractivity contribution is 0.0693. The van der Waals surface area contributed by atoms with Gasteiger partial charge >= 0.3 is 5.97 Å². The summed E-state index contributed by atoms with van der Waals surface area (Å²) in [6, 6.07) is 3.87. The average Bonchev–Trinajstić information content (AvgIpc) is 2.31. The molecule has 0 heterocycles. The predicted molar refractivity (Wildman–Crippen MR) is 97.9 cm³/mol. The van der Waals surface area contributed by atoms with Gasteiger partial charge in [-0.3, -0.25) is 0 Å². The van der Waals surface area contributed by atoms with E-state index >= 15 is 0 Å². The Morgan fingerprint density at radius 2 is 1.90 bits per heavy atom. The third-order valence-corrected chi connectivity index (χ3v) is 9.27. The van der Waals surface area contributed by atoms with Gasteiger partial charge in [0.05, 0.1) is 3.57 Å². The van der Waals surface area contributed by atoms with Crippen LogP contribution in [-0.2, 0) is 6.42 Å². The number of hydrogen-bond acceptors (Lipinski definition) is 2. The molecule has 21 heavy (non-hydrogen) atoms. The highest BCUT2D eigenvalue weighted by molar-refractivity contribution is 14.1. The molecule has 1 rings (SSSR count). The van der Waals surface area contributed by atoms with Crippen LogP contribution in [-0.4, -0.2) is 19.4 Å². The molecule has 0 radical (unpaired) electrons. The van der Waals surface area contributed by atoms with Gasteiger partial charge in [-0.25, -0.2) is 4.79 Å². The summed E-state index contributed by atoms with van der Waals surface area (Å²) in [5, 5.41) is 9.66. The maximum Gasteiger partial charge on any atom is 0.339 e. The van der Waals surface area contributed by atoms with Crippen LogP contribution in [0.2, 0.25) is 18.1 Å². The van der Waals surface area contributed by atoms with Crippen LogP contribution in [0.1, 0.15) is 50.0 Å². The van der Waals surface area contributed by atoms with Gasteiger partial charge in [0.25, 0.3) is 8.32 Å². The Balaban J connectivity index is 3.41. The van der Waals surface area contributed by atoms with Crippen LogP contribution in [0.15, 0.2) is 12.1 Å². The molecule has 0 aromatic heterocycles. The van der Waals surface area contributed by atoms with Crippen LogP contribution >= 0.6 is 22.6 Å². The Labute approximate surface area is 142 Å². The topological polar surface area (TPSA) is 46.5 Å². The van der Waals surface area contributed by atoms with Crippen molar-refractivity contribution in [2.24, 2.45) is 0 Å². The fraction of sp³-hybridized carbons (Fsp3) is 0.562. The van der Waals surface area contributed by atoms with E-state index in [1.807, 2.05) is 12.1 Å². The molecule has 0 saturated carbocycles. The molecule has 5 heteroatoms.